The topological polar surface area (TPSA) is 12.5 Å². The second-order valence-electron chi connectivity index (χ2n) is 6.12. The molecule has 2 nitrogen and oxygen atoms in total. The number of ether oxygens (including phenoxy) is 1. The van der Waals surface area contributed by atoms with Gasteiger partial charge in [0.15, 0.2) is 0 Å². The van der Waals surface area contributed by atoms with Crippen LogP contribution < -0.4 is 0 Å². The van der Waals surface area contributed by atoms with Crippen LogP contribution in [0.4, 0.5) is 0 Å². The Labute approximate surface area is 88.6 Å². The molecule has 0 saturated carbocycles. The van der Waals surface area contributed by atoms with Crippen LogP contribution in [-0.2, 0) is 4.74 Å². The van der Waals surface area contributed by atoms with E-state index in [4.69, 9.17) is 4.74 Å². The Hall–Kier alpha value is -0.0800. The standard InChI is InChI=1S/C12H25NO/c1-10(2)7-13-11(3,4)8-14-9-12(13,5)6/h10H,7-9H2,1-6H3. The summed E-state index contributed by atoms with van der Waals surface area (Å²) in [5.74, 6) is 0.714. The van der Waals surface area contributed by atoms with Crippen molar-refractivity contribution in [2.75, 3.05) is 19.8 Å². The first-order valence-corrected chi connectivity index (χ1v) is 5.61. The molecule has 1 aliphatic rings. The van der Waals surface area contributed by atoms with Gasteiger partial charge in [0.1, 0.15) is 0 Å². The van der Waals surface area contributed by atoms with E-state index in [-0.39, 0.29) is 11.1 Å². The van der Waals surface area contributed by atoms with Crippen LogP contribution in [-0.4, -0.2) is 35.7 Å². The zero-order valence-corrected chi connectivity index (χ0v) is 10.6. The molecule has 0 radical (unpaired) electrons. The Morgan fingerprint density at radius 1 is 1.07 bits per heavy atom. The molecule has 1 fully saturated rings. The van der Waals surface area contributed by atoms with Crippen molar-refractivity contribution in [3.63, 3.8) is 0 Å². The van der Waals surface area contributed by atoms with Crippen molar-refractivity contribution < 1.29 is 4.74 Å². The van der Waals surface area contributed by atoms with E-state index < -0.39 is 0 Å². The Balaban J connectivity index is 2.80. The average molecular weight is 199 g/mol. The van der Waals surface area contributed by atoms with Crippen molar-refractivity contribution in [1.29, 1.82) is 0 Å². The molecule has 0 aromatic carbocycles. The van der Waals surface area contributed by atoms with E-state index in [9.17, 15) is 0 Å². The van der Waals surface area contributed by atoms with Crippen molar-refractivity contribution in [2.45, 2.75) is 52.6 Å². The van der Waals surface area contributed by atoms with Crippen molar-refractivity contribution in [3.05, 3.63) is 0 Å². The summed E-state index contributed by atoms with van der Waals surface area (Å²) in [5, 5.41) is 0. The van der Waals surface area contributed by atoms with Crippen molar-refractivity contribution in [3.8, 4) is 0 Å². The van der Waals surface area contributed by atoms with Crippen LogP contribution in [0.25, 0.3) is 0 Å². The highest BCUT2D eigenvalue weighted by atomic mass is 16.5. The molecule has 0 aromatic rings. The average Bonchev–Trinajstić information content (AvgIpc) is 1.96. The lowest BCUT2D eigenvalue weighted by molar-refractivity contribution is -0.130. The molecular formula is C12H25NO. The van der Waals surface area contributed by atoms with Crippen LogP contribution in [0.5, 0.6) is 0 Å². The number of hydrogen-bond donors (Lipinski definition) is 0. The van der Waals surface area contributed by atoms with Crippen molar-refractivity contribution in [1.82, 2.24) is 4.90 Å². The first-order chi connectivity index (χ1) is 6.26. The molecule has 1 heterocycles. The molecule has 1 saturated heterocycles. The van der Waals surface area contributed by atoms with Gasteiger partial charge in [0.05, 0.1) is 13.2 Å². The highest BCUT2D eigenvalue weighted by Crippen LogP contribution is 2.31. The van der Waals surface area contributed by atoms with Crippen LogP contribution >= 0.6 is 0 Å². The minimum absolute atomic E-state index is 0.173. The summed E-state index contributed by atoms with van der Waals surface area (Å²) >= 11 is 0. The predicted octanol–water partition coefficient (Wildman–Crippen LogP) is 2.53. The minimum atomic E-state index is 0.173. The van der Waals surface area contributed by atoms with Gasteiger partial charge in [-0.15, -0.1) is 0 Å². The van der Waals surface area contributed by atoms with Gasteiger partial charge < -0.3 is 4.74 Å². The normalized spacial score (nSPS) is 26.8. The largest absolute Gasteiger partial charge is 0.378 e. The molecule has 0 unspecified atom stereocenters. The Kier molecular flexibility index (Phi) is 3.27. The lowest BCUT2D eigenvalue weighted by Crippen LogP contribution is -2.64. The van der Waals surface area contributed by atoms with Crippen LogP contribution in [0.1, 0.15) is 41.5 Å². The molecule has 1 aliphatic heterocycles. The quantitative estimate of drug-likeness (QED) is 0.677. The minimum Gasteiger partial charge on any atom is -0.378 e. The SMILES string of the molecule is CC(C)CN1C(C)(C)COCC1(C)C. The fraction of sp³-hybridized carbons (Fsp3) is 1.00. The van der Waals surface area contributed by atoms with Crippen LogP contribution in [0, 0.1) is 5.92 Å². The summed E-state index contributed by atoms with van der Waals surface area (Å²) in [4.78, 5) is 2.59. The number of hydrogen-bond acceptors (Lipinski definition) is 2. The molecule has 0 N–H and O–H groups in total. The summed E-state index contributed by atoms with van der Waals surface area (Å²) in [7, 11) is 0. The second kappa shape index (κ2) is 3.82. The zero-order valence-electron chi connectivity index (χ0n) is 10.6. The van der Waals surface area contributed by atoms with Crippen LogP contribution in [0.2, 0.25) is 0 Å². The molecule has 0 bridgehead atoms. The Morgan fingerprint density at radius 3 is 1.86 bits per heavy atom. The molecule has 84 valence electrons. The maximum absolute atomic E-state index is 5.67. The van der Waals surface area contributed by atoms with E-state index in [2.05, 4.69) is 46.4 Å². The molecule has 1 rings (SSSR count). The summed E-state index contributed by atoms with van der Waals surface area (Å²) in [5.41, 5.74) is 0.345. The molecule has 0 aromatic heterocycles. The monoisotopic (exact) mass is 199 g/mol. The lowest BCUT2D eigenvalue weighted by Gasteiger charge is -2.53. The molecule has 0 amide bonds. The zero-order chi connectivity index (χ0) is 11.0. The van der Waals surface area contributed by atoms with E-state index in [1.165, 1.54) is 0 Å². The molecule has 0 aliphatic carbocycles. The maximum Gasteiger partial charge on any atom is 0.0646 e. The summed E-state index contributed by atoms with van der Waals surface area (Å²) in [6.45, 7) is 16.5. The lowest BCUT2D eigenvalue weighted by atomic mass is 9.90. The third-order valence-electron chi connectivity index (χ3n) is 2.92. The van der Waals surface area contributed by atoms with Crippen LogP contribution in [0.3, 0.4) is 0 Å². The third kappa shape index (κ3) is 2.48. The van der Waals surface area contributed by atoms with E-state index in [1.807, 2.05) is 0 Å². The fourth-order valence-electron chi connectivity index (χ4n) is 2.39. The second-order valence-corrected chi connectivity index (χ2v) is 6.12. The van der Waals surface area contributed by atoms with E-state index >= 15 is 0 Å². The first kappa shape index (κ1) is 12.0. The van der Waals surface area contributed by atoms with Gasteiger partial charge in [-0.25, -0.2) is 0 Å². The highest BCUT2D eigenvalue weighted by molar-refractivity contribution is 4.96. The molecule has 0 spiro atoms. The van der Waals surface area contributed by atoms with E-state index in [0.29, 0.717) is 5.92 Å². The first-order valence-electron chi connectivity index (χ1n) is 5.61. The van der Waals surface area contributed by atoms with Crippen molar-refractivity contribution in [2.24, 2.45) is 5.92 Å². The number of nitrogens with zero attached hydrogens (tertiary/aromatic N) is 1. The fourth-order valence-corrected chi connectivity index (χ4v) is 2.39. The summed E-state index contributed by atoms with van der Waals surface area (Å²) in [6, 6.07) is 0. The summed E-state index contributed by atoms with van der Waals surface area (Å²) in [6.07, 6.45) is 0. The van der Waals surface area contributed by atoms with Gasteiger partial charge in [-0.05, 0) is 33.6 Å². The molecule has 14 heavy (non-hydrogen) atoms. The predicted molar refractivity (Wildman–Crippen MR) is 60.5 cm³/mol. The highest BCUT2D eigenvalue weighted by Gasteiger charge is 2.41. The van der Waals surface area contributed by atoms with Gasteiger partial charge >= 0.3 is 0 Å². The van der Waals surface area contributed by atoms with Gasteiger partial charge in [-0.2, -0.15) is 0 Å². The summed E-state index contributed by atoms with van der Waals surface area (Å²) < 4.78 is 5.67. The number of rotatable bonds is 2. The molecular weight excluding hydrogens is 174 g/mol. The van der Waals surface area contributed by atoms with Gasteiger partial charge in [0.25, 0.3) is 0 Å². The Bertz CT molecular complexity index is 180. The smallest absolute Gasteiger partial charge is 0.0646 e. The van der Waals surface area contributed by atoms with Gasteiger partial charge in [0, 0.05) is 17.6 Å². The number of morpholine rings is 1. The van der Waals surface area contributed by atoms with Gasteiger partial charge in [-0.1, -0.05) is 13.8 Å². The van der Waals surface area contributed by atoms with Gasteiger partial charge in [0.2, 0.25) is 0 Å². The molecule has 2 heteroatoms. The maximum atomic E-state index is 5.67. The van der Waals surface area contributed by atoms with Gasteiger partial charge in [-0.3, -0.25) is 4.90 Å². The van der Waals surface area contributed by atoms with E-state index in [0.717, 1.165) is 19.8 Å². The Morgan fingerprint density at radius 2 is 1.50 bits per heavy atom. The van der Waals surface area contributed by atoms with Crippen molar-refractivity contribution >= 4 is 0 Å². The molecule has 0 atom stereocenters. The third-order valence-corrected chi connectivity index (χ3v) is 2.92. The van der Waals surface area contributed by atoms with Crippen LogP contribution in [0.15, 0.2) is 0 Å². The van der Waals surface area contributed by atoms with E-state index in [1.54, 1.807) is 0 Å².